The molecule has 0 aromatic carbocycles. The number of ether oxygens (including phenoxy) is 4. The van der Waals surface area contributed by atoms with Crippen LogP contribution < -0.4 is 0 Å². The molecule has 0 aromatic heterocycles. The topological polar surface area (TPSA) is 237 Å². The van der Waals surface area contributed by atoms with Gasteiger partial charge in [0.15, 0.2) is 12.2 Å². The molecule has 0 rings (SSSR count). The lowest BCUT2D eigenvalue weighted by atomic mass is 10.0. The Morgan fingerprint density at radius 3 is 0.681 bits per heavy atom. The van der Waals surface area contributed by atoms with Gasteiger partial charge >= 0.3 is 39.5 Å². The standard InChI is InChI=1S/C72H140O17P2/c1-62(2)48-40-32-24-19-17-15-13-11-9-10-12-14-16-18-20-27-36-44-52-69(74)82-58-67(88-71(76)54-46-38-28-22-21-25-33-41-49-63(3)4)60-86-90(78,79)84-56-66(73)57-85-91(80,81)87-61-68(89-72(77)55-47-39-31-30-35-43-51-65(7)8)59-83-70(75)53-45-37-29-23-26-34-42-50-64(5)6/h62-68,73H,9-61H2,1-8H3,(H,78,79)(H,80,81)/t66?,67-,68-/m1/s1. The van der Waals surface area contributed by atoms with Crippen LogP contribution in [0, 0.1) is 23.7 Å². The van der Waals surface area contributed by atoms with Gasteiger partial charge in [0.1, 0.15) is 19.3 Å². The van der Waals surface area contributed by atoms with Crippen molar-refractivity contribution in [3.05, 3.63) is 0 Å². The number of carbonyl (C=O) groups excluding carboxylic acids is 4. The molecule has 17 nitrogen and oxygen atoms in total. The van der Waals surface area contributed by atoms with Crippen LogP contribution in [0.1, 0.15) is 357 Å². The molecule has 5 atom stereocenters. The van der Waals surface area contributed by atoms with Crippen molar-refractivity contribution in [1.82, 2.24) is 0 Å². The first-order chi connectivity index (χ1) is 43.6. The van der Waals surface area contributed by atoms with Gasteiger partial charge in [-0.05, 0) is 49.4 Å². The molecule has 3 N–H and O–H groups in total. The van der Waals surface area contributed by atoms with E-state index in [-0.39, 0.29) is 25.7 Å². The fourth-order valence-electron chi connectivity index (χ4n) is 10.8. The normalized spacial score (nSPS) is 14.2. The lowest BCUT2D eigenvalue weighted by Crippen LogP contribution is -2.30. The highest BCUT2D eigenvalue weighted by atomic mass is 31.2. The van der Waals surface area contributed by atoms with E-state index < -0.39 is 97.5 Å². The smallest absolute Gasteiger partial charge is 0.462 e. The van der Waals surface area contributed by atoms with Gasteiger partial charge < -0.3 is 33.8 Å². The van der Waals surface area contributed by atoms with Gasteiger partial charge in [0.25, 0.3) is 0 Å². The highest BCUT2D eigenvalue weighted by molar-refractivity contribution is 7.47. The van der Waals surface area contributed by atoms with Crippen LogP contribution in [0.4, 0.5) is 0 Å². The minimum Gasteiger partial charge on any atom is -0.462 e. The van der Waals surface area contributed by atoms with E-state index in [2.05, 4.69) is 55.4 Å². The number of aliphatic hydroxyl groups excluding tert-OH is 1. The Kier molecular flexibility index (Phi) is 60.3. The number of phosphoric ester groups is 2. The summed E-state index contributed by atoms with van der Waals surface area (Å²) in [6.45, 7) is 14.0. The van der Waals surface area contributed by atoms with E-state index in [1.54, 1.807) is 0 Å². The summed E-state index contributed by atoms with van der Waals surface area (Å²) in [6.07, 6.45) is 45.0. The lowest BCUT2D eigenvalue weighted by molar-refractivity contribution is -0.161. The van der Waals surface area contributed by atoms with Crippen LogP contribution in [0.2, 0.25) is 0 Å². The molecular weight excluding hydrogens is 1200 g/mol. The number of aliphatic hydroxyl groups is 1. The molecule has 0 aromatic rings. The van der Waals surface area contributed by atoms with Crippen LogP contribution in [0.5, 0.6) is 0 Å². The third-order valence-electron chi connectivity index (χ3n) is 16.6. The maximum atomic E-state index is 13.0. The third kappa shape index (κ3) is 66.5. The summed E-state index contributed by atoms with van der Waals surface area (Å²) >= 11 is 0. The van der Waals surface area contributed by atoms with Crippen LogP contribution in [0.3, 0.4) is 0 Å². The van der Waals surface area contributed by atoms with E-state index in [0.717, 1.165) is 108 Å². The minimum absolute atomic E-state index is 0.101. The number of unbranched alkanes of at least 4 members (excludes halogenated alkanes) is 35. The summed E-state index contributed by atoms with van der Waals surface area (Å²) < 4.78 is 68.2. The Morgan fingerprint density at radius 1 is 0.275 bits per heavy atom. The molecule has 0 fully saturated rings. The molecule has 0 aliphatic carbocycles. The zero-order chi connectivity index (χ0) is 67.5. The predicted octanol–water partition coefficient (Wildman–Crippen LogP) is 20.5. The van der Waals surface area contributed by atoms with Crippen molar-refractivity contribution >= 4 is 39.5 Å². The van der Waals surface area contributed by atoms with Crippen LogP contribution in [0.15, 0.2) is 0 Å². The SMILES string of the molecule is CC(C)CCCCCCCCCCCCCCCCCCCCC(=O)OC[C@H](COP(=O)(O)OCC(O)COP(=O)(O)OC[C@@H](COC(=O)CCCCCCCCCC(C)C)OC(=O)CCCCCCCCC(C)C)OC(=O)CCCCCCCCCCC(C)C. The maximum Gasteiger partial charge on any atom is 0.472 e. The van der Waals surface area contributed by atoms with Crippen molar-refractivity contribution in [3.63, 3.8) is 0 Å². The van der Waals surface area contributed by atoms with Crippen LogP contribution in [0.25, 0.3) is 0 Å². The lowest BCUT2D eigenvalue weighted by Gasteiger charge is -2.21. The van der Waals surface area contributed by atoms with Gasteiger partial charge in [-0.25, -0.2) is 9.13 Å². The minimum atomic E-state index is -4.95. The summed E-state index contributed by atoms with van der Waals surface area (Å²) in [5.41, 5.74) is 0. The van der Waals surface area contributed by atoms with Crippen molar-refractivity contribution in [2.75, 3.05) is 39.6 Å². The van der Waals surface area contributed by atoms with Crippen molar-refractivity contribution in [1.29, 1.82) is 0 Å². The predicted molar refractivity (Wildman–Crippen MR) is 367 cm³/mol. The van der Waals surface area contributed by atoms with E-state index in [0.29, 0.717) is 37.5 Å². The summed E-state index contributed by atoms with van der Waals surface area (Å²) in [5, 5.41) is 10.6. The highest BCUT2D eigenvalue weighted by Gasteiger charge is 2.30. The van der Waals surface area contributed by atoms with Gasteiger partial charge in [-0.1, -0.05) is 306 Å². The van der Waals surface area contributed by atoms with Gasteiger partial charge in [-0.3, -0.25) is 37.3 Å². The molecule has 0 saturated heterocycles. The van der Waals surface area contributed by atoms with Gasteiger partial charge in [-0.15, -0.1) is 0 Å². The number of esters is 4. The first kappa shape index (κ1) is 89.1. The van der Waals surface area contributed by atoms with Gasteiger partial charge in [0.2, 0.25) is 0 Å². The second kappa shape index (κ2) is 61.6. The zero-order valence-corrected chi connectivity index (χ0v) is 61.3. The van der Waals surface area contributed by atoms with E-state index in [1.165, 1.54) is 154 Å². The van der Waals surface area contributed by atoms with Gasteiger partial charge in [0.05, 0.1) is 26.4 Å². The number of hydrogen-bond donors (Lipinski definition) is 3. The average Bonchev–Trinajstić information content (AvgIpc) is 3.35. The van der Waals surface area contributed by atoms with Crippen LogP contribution in [-0.2, 0) is 65.4 Å². The molecule has 0 saturated carbocycles. The van der Waals surface area contributed by atoms with Crippen LogP contribution >= 0.6 is 15.6 Å². The van der Waals surface area contributed by atoms with E-state index in [9.17, 15) is 43.2 Å². The summed E-state index contributed by atoms with van der Waals surface area (Å²) in [4.78, 5) is 72.5. The number of phosphoric acid groups is 2. The number of rotatable bonds is 69. The summed E-state index contributed by atoms with van der Waals surface area (Å²) in [7, 11) is -9.90. The number of hydrogen-bond acceptors (Lipinski definition) is 15. The first-order valence-electron chi connectivity index (χ1n) is 37.2. The Balaban J connectivity index is 5.13. The maximum absolute atomic E-state index is 13.0. The van der Waals surface area contributed by atoms with Gasteiger partial charge in [-0.2, -0.15) is 0 Å². The molecule has 0 aliphatic heterocycles. The monoisotopic (exact) mass is 1340 g/mol. The Hall–Kier alpha value is -1.94. The van der Waals surface area contributed by atoms with Crippen molar-refractivity contribution in [2.45, 2.75) is 375 Å². The van der Waals surface area contributed by atoms with Crippen molar-refractivity contribution in [2.24, 2.45) is 23.7 Å². The molecule has 540 valence electrons. The molecule has 0 heterocycles. The summed E-state index contributed by atoms with van der Waals surface area (Å²) in [5.74, 6) is 0.781. The first-order valence-corrected chi connectivity index (χ1v) is 40.2. The van der Waals surface area contributed by atoms with Crippen molar-refractivity contribution in [3.8, 4) is 0 Å². The largest absolute Gasteiger partial charge is 0.472 e. The molecule has 19 heteroatoms. The molecule has 0 radical (unpaired) electrons. The second-order valence-electron chi connectivity index (χ2n) is 27.9. The quantitative estimate of drug-likeness (QED) is 0.0222. The molecular formula is C72H140O17P2. The highest BCUT2D eigenvalue weighted by Crippen LogP contribution is 2.45. The molecule has 0 aliphatic rings. The second-order valence-corrected chi connectivity index (χ2v) is 30.8. The molecule has 0 bridgehead atoms. The molecule has 0 spiro atoms. The fourth-order valence-corrected chi connectivity index (χ4v) is 12.4. The van der Waals surface area contributed by atoms with E-state index in [4.69, 9.17) is 37.0 Å². The van der Waals surface area contributed by atoms with Crippen molar-refractivity contribution < 1.29 is 80.2 Å². The third-order valence-corrected chi connectivity index (χ3v) is 18.5. The Morgan fingerprint density at radius 2 is 0.462 bits per heavy atom. The zero-order valence-electron chi connectivity index (χ0n) is 59.5. The number of carbonyl (C=O) groups is 4. The molecule has 0 amide bonds. The Bertz CT molecular complexity index is 1800. The molecule has 3 unspecified atom stereocenters. The van der Waals surface area contributed by atoms with Crippen LogP contribution in [-0.4, -0.2) is 96.7 Å². The van der Waals surface area contributed by atoms with E-state index in [1.807, 2.05) is 0 Å². The molecule has 91 heavy (non-hydrogen) atoms. The Labute approximate surface area is 556 Å². The average molecular weight is 1340 g/mol. The van der Waals surface area contributed by atoms with E-state index >= 15 is 0 Å². The van der Waals surface area contributed by atoms with Gasteiger partial charge in [0, 0.05) is 25.7 Å². The summed E-state index contributed by atoms with van der Waals surface area (Å²) in [6, 6.07) is 0. The fraction of sp³-hybridized carbons (Fsp3) is 0.944.